The molecule has 0 heterocycles. The molecule has 0 saturated carbocycles. The average Bonchev–Trinajstić information content (AvgIpc) is 2.49. The van der Waals surface area contributed by atoms with Gasteiger partial charge in [0.1, 0.15) is 11.5 Å². The molecule has 0 spiro atoms. The molecule has 0 atom stereocenters. The van der Waals surface area contributed by atoms with Gasteiger partial charge in [0, 0.05) is 12.8 Å². The first-order chi connectivity index (χ1) is 10.1. The Hall–Kier alpha value is -2.09. The van der Waals surface area contributed by atoms with Gasteiger partial charge in [0.05, 0.1) is 6.61 Å². The Kier molecular flexibility index (Phi) is 5.56. The molecule has 0 radical (unpaired) electrons. The lowest BCUT2D eigenvalue weighted by Gasteiger charge is -2.07. The first-order valence-electron chi connectivity index (χ1n) is 7.43. The summed E-state index contributed by atoms with van der Waals surface area (Å²) in [5.41, 5.74) is 2.38. The molecule has 21 heavy (non-hydrogen) atoms. The van der Waals surface area contributed by atoms with Crippen LogP contribution in [0.4, 0.5) is 0 Å². The maximum absolute atomic E-state index is 11.9. The van der Waals surface area contributed by atoms with Crippen LogP contribution in [0.25, 0.3) is 0 Å². The summed E-state index contributed by atoms with van der Waals surface area (Å²) >= 11 is 0. The van der Waals surface area contributed by atoms with Gasteiger partial charge in [0.2, 0.25) is 0 Å². The number of rotatable bonds is 7. The fraction of sp³-hybridized carbons (Fsp3) is 0.316. The number of ketones is 1. The molecule has 0 aliphatic carbocycles. The Morgan fingerprint density at radius 1 is 1.00 bits per heavy atom. The van der Waals surface area contributed by atoms with Gasteiger partial charge in [-0.1, -0.05) is 56.3 Å². The Balaban J connectivity index is 1.76. The average molecular weight is 282 g/mol. The van der Waals surface area contributed by atoms with Gasteiger partial charge in [-0.05, 0) is 29.2 Å². The fourth-order valence-electron chi connectivity index (χ4n) is 2.14. The van der Waals surface area contributed by atoms with Gasteiger partial charge in [-0.25, -0.2) is 0 Å². The molecule has 0 aliphatic rings. The summed E-state index contributed by atoms with van der Waals surface area (Å²) < 4.78 is 5.54. The smallest absolute Gasteiger partial charge is 0.140 e. The van der Waals surface area contributed by atoms with Crippen molar-refractivity contribution >= 4 is 5.78 Å². The first-order valence-corrected chi connectivity index (χ1v) is 7.43. The highest BCUT2D eigenvalue weighted by Crippen LogP contribution is 2.15. The van der Waals surface area contributed by atoms with Crippen molar-refractivity contribution in [3.8, 4) is 5.75 Å². The van der Waals surface area contributed by atoms with E-state index in [1.807, 2.05) is 42.5 Å². The maximum atomic E-state index is 11.9. The molecule has 0 amide bonds. The molecule has 110 valence electrons. The number of hydrogen-bond acceptors (Lipinski definition) is 2. The van der Waals surface area contributed by atoms with Crippen LogP contribution in [0, 0.1) is 0 Å². The normalized spacial score (nSPS) is 10.6. The molecule has 0 aliphatic heterocycles. The van der Waals surface area contributed by atoms with Gasteiger partial charge in [0.25, 0.3) is 0 Å². The van der Waals surface area contributed by atoms with E-state index in [1.54, 1.807) is 0 Å². The van der Waals surface area contributed by atoms with E-state index in [0.29, 0.717) is 25.4 Å². The van der Waals surface area contributed by atoms with Crippen LogP contribution in [0.15, 0.2) is 54.6 Å². The van der Waals surface area contributed by atoms with E-state index in [2.05, 4.69) is 26.0 Å². The molecule has 2 rings (SSSR count). The standard InChI is InChI=1S/C19H22O2/c1-15(2)17-10-8-16(9-11-17)14-18(20)12-13-21-19-6-4-3-5-7-19/h3-11,15H,12-14H2,1-2H3. The van der Waals surface area contributed by atoms with Gasteiger partial charge in [-0.3, -0.25) is 4.79 Å². The van der Waals surface area contributed by atoms with Crippen molar-refractivity contribution in [1.82, 2.24) is 0 Å². The molecular weight excluding hydrogens is 260 g/mol. The quantitative estimate of drug-likeness (QED) is 0.752. The highest BCUT2D eigenvalue weighted by molar-refractivity contribution is 5.80. The second-order valence-electron chi connectivity index (χ2n) is 5.52. The van der Waals surface area contributed by atoms with Crippen LogP contribution in [0.5, 0.6) is 5.75 Å². The largest absolute Gasteiger partial charge is 0.493 e. The van der Waals surface area contributed by atoms with E-state index in [-0.39, 0.29) is 5.78 Å². The highest BCUT2D eigenvalue weighted by Gasteiger charge is 2.05. The molecule has 0 unspecified atom stereocenters. The van der Waals surface area contributed by atoms with Crippen molar-refractivity contribution < 1.29 is 9.53 Å². The van der Waals surface area contributed by atoms with Crippen molar-refractivity contribution in [1.29, 1.82) is 0 Å². The first kappa shape index (κ1) is 15.3. The maximum Gasteiger partial charge on any atom is 0.140 e. The summed E-state index contributed by atoms with van der Waals surface area (Å²) in [6, 6.07) is 17.9. The lowest BCUT2D eigenvalue weighted by Crippen LogP contribution is -2.09. The van der Waals surface area contributed by atoms with Gasteiger partial charge < -0.3 is 4.74 Å². The van der Waals surface area contributed by atoms with Crippen LogP contribution in [-0.2, 0) is 11.2 Å². The van der Waals surface area contributed by atoms with Crippen LogP contribution in [-0.4, -0.2) is 12.4 Å². The third-order valence-electron chi connectivity index (χ3n) is 3.44. The van der Waals surface area contributed by atoms with Crippen molar-refractivity contribution in [2.45, 2.75) is 32.6 Å². The molecule has 2 aromatic rings. The van der Waals surface area contributed by atoms with Gasteiger partial charge in [-0.15, -0.1) is 0 Å². The molecule has 2 aromatic carbocycles. The lowest BCUT2D eigenvalue weighted by molar-refractivity contribution is -0.118. The summed E-state index contributed by atoms with van der Waals surface area (Å²) in [5, 5.41) is 0. The lowest BCUT2D eigenvalue weighted by atomic mass is 10.00. The van der Waals surface area contributed by atoms with E-state index in [1.165, 1.54) is 5.56 Å². The fourth-order valence-corrected chi connectivity index (χ4v) is 2.14. The number of ether oxygens (including phenoxy) is 1. The van der Waals surface area contributed by atoms with Crippen LogP contribution in [0.2, 0.25) is 0 Å². The van der Waals surface area contributed by atoms with E-state index in [9.17, 15) is 4.79 Å². The van der Waals surface area contributed by atoms with E-state index >= 15 is 0 Å². The number of carbonyl (C=O) groups is 1. The monoisotopic (exact) mass is 282 g/mol. The zero-order valence-electron chi connectivity index (χ0n) is 12.7. The summed E-state index contributed by atoms with van der Waals surface area (Å²) in [5.74, 6) is 1.55. The number of carbonyl (C=O) groups excluding carboxylic acids is 1. The Morgan fingerprint density at radius 2 is 1.67 bits per heavy atom. The molecular formula is C19H22O2. The van der Waals surface area contributed by atoms with Crippen molar-refractivity contribution in [3.05, 3.63) is 65.7 Å². The third kappa shape index (κ3) is 5.07. The Bertz CT molecular complexity index is 556. The molecule has 2 heteroatoms. The number of benzene rings is 2. The molecule has 2 nitrogen and oxygen atoms in total. The third-order valence-corrected chi connectivity index (χ3v) is 3.44. The Morgan fingerprint density at radius 3 is 2.29 bits per heavy atom. The zero-order chi connectivity index (χ0) is 15.1. The summed E-state index contributed by atoms with van der Waals surface area (Å²) in [4.78, 5) is 11.9. The van der Waals surface area contributed by atoms with E-state index < -0.39 is 0 Å². The van der Waals surface area contributed by atoms with Crippen LogP contribution >= 0.6 is 0 Å². The molecule has 0 N–H and O–H groups in total. The molecule has 0 aromatic heterocycles. The van der Waals surface area contributed by atoms with Gasteiger partial charge >= 0.3 is 0 Å². The number of para-hydroxylation sites is 1. The number of Topliss-reactive ketones (excluding diaryl/α,β-unsaturated/α-hetero) is 1. The molecule has 0 fully saturated rings. The van der Waals surface area contributed by atoms with Crippen LogP contribution in [0.3, 0.4) is 0 Å². The number of hydrogen-bond donors (Lipinski definition) is 0. The second kappa shape index (κ2) is 7.63. The van der Waals surface area contributed by atoms with Gasteiger partial charge in [-0.2, -0.15) is 0 Å². The van der Waals surface area contributed by atoms with Crippen LogP contribution in [0.1, 0.15) is 37.3 Å². The highest BCUT2D eigenvalue weighted by atomic mass is 16.5. The van der Waals surface area contributed by atoms with Crippen LogP contribution < -0.4 is 4.74 Å². The summed E-state index contributed by atoms with van der Waals surface area (Å²) in [6.45, 7) is 4.77. The van der Waals surface area contributed by atoms with Crippen molar-refractivity contribution in [3.63, 3.8) is 0 Å². The second-order valence-corrected chi connectivity index (χ2v) is 5.52. The molecule has 0 saturated heterocycles. The van der Waals surface area contributed by atoms with Crippen molar-refractivity contribution in [2.75, 3.05) is 6.61 Å². The topological polar surface area (TPSA) is 26.3 Å². The summed E-state index contributed by atoms with van der Waals surface area (Å²) in [7, 11) is 0. The zero-order valence-corrected chi connectivity index (χ0v) is 12.7. The SMILES string of the molecule is CC(C)c1ccc(CC(=O)CCOc2ccccc2)cc1. The van der Waals surface area contributed by atoms with Gasteiger partial charge in [0.15, 0.2) is 0 Å². The predicted molar refractivity (Wildman–Crippen MR) is 85.8 cm³/mol. The van der Waals surface area contributed by atoms with E-state index in [4.69, 9.17) is 4.74 Å². The van der Waals surface area contributed by atoms with Crippen molar-refractivity contribution in [2.24, 2.45) is 0 Å². The van der Waals surface area contributed by atoms with E-state index in [0.717, 1.165) is 11.3 Å². The minimum Gasteiger partial charge on any atom is -0.493 e. The Labute approximate surface area is 126 Å². The summed E-state index contributed by atoms with van der Waals surface area (Å²) in [6.07, 6.45) is 0.928. The predicted octanol–water partition coefficient (Wildman–Crippen LogP) is 4.39. The minimum atomic E-state index is 0.211. The minimum absolute atomic E-state index is 0.211. The molecule has 0 bridgehead atoms.